The second-order valence-corrected chi connectivity index (χ2v) is 8.25. The van der Waals surface area contributed by atoms with Gasteiger partial charge in [0.1, 0.15) is 6.04 Å². The van der Waals surface area contributed by atoms with Crippen LogP contribution in [0.1, 0.15) is 28.9 Å². The van der Waals surface area contributed by atoms with Gasteiger partial charge in [0.25, 0.3) is 5.91 Å². The number of carboxylic acids is 2. The molecule has 15 heteroatoms. The Hall–Kier alpha value is -3.97. The fraction of sp³-hybridized carbons (Fsp3) is 0.250. The number of nitrogens with one attached hydrogen (secondary N) is 1. The number of aliphatic carboxylic acids is 2. The van der Waals surface area contributed by atoms with Crippen molar-refractivity contribution in [3.8, 4) is 0 Å². The van der Waals surface area contributed by atoms with Crippen LogP contribution in [-0.2, 0) is 16.1 Å². The summed E-state index contributed by atoms with van der Waals surface area (Å²) in [5.41, 5.74) is 12.9. The van der Waals surface area contributed by atoms with E-state index in [2.05, 4.69) is 25.3 Å². The molecule has 0 radical (unpaired) electrons. The molecule has 184 valence electrons. The summed E-state index contributed by atoms with van der Waals surface area (Å²) in [6.45, 7) is 0.227. The lowest BCUT2D eigenvalue weighted by Gasteiger charge is -2.22. The molecule has 1 atom stereocenters. The van der Waals surface area contributed by atoms with Gasteiger partial charge in [-0.2, -0.15) is 9.97 Å². The van der Waals surface area contributed by atoms with Crippen LogP contribution in [0.5, 0.6) is 0 Å². The van der Waals surface area contributed by atoms with Gasteiger partial charge in [-0.3, -0.25) is 9.59 Å². The maximum atomic E-state index is 12.6. The summed E-state index contributed by atoms with van der Waals surface area (Å²) in [6.07, 6.45) is 0.765. The molecule has 3 rings (SSSR count). The molecule has 1 amide bonds. The number of aromatic nitrogens is 4. The Morgan fingerprint density at radius 1 is 1.11 bits per heavy atom. The molecule has 0 aliphatic carbocycles. The number of carboxylic acid groups (broad SMARTS) is 2. The Balaban J connectivity index is 1.80. The average molecular weight is 523 g/mol. The molecule has 0 aliphatic heterocycles. The maximum Gasteiger partial charge on any atom is 0.326 e. The third kappa shape index (κ3) is 6.13. The van der Waals surface area contributed by atoms with Crippen LogP contribution in [0.25, 0.3) is 11.2 Å². The molecule has 0 saturated carbocycles. The number of nitrogen functional groups attached to an aromatic ring is 2. The van der Waals surface area contributed by atoms with E-state index in [1.54, 1.807) is 11.9 Å². The lowest BCUT2D eigenvalue weighted by molar-refractivity contribution is -0.140. The van der Waals surface area contributed by atoms with Crippen molar-refractivity contribution in [3.05, 3.63) is 39.6 Å². The first-order chi connectivity index (χ1) is 16.5. The van der Waals surface area contributed by atoms with Gasteiger partial charge in [-0.25, -0.2) is 14.8 Å². The SMILES string of the molecule is CN(Cc1cnc2nc(N)nc(N)c2n1)c1cc(Cl)c(C(=O)N[C@@H](CCC(=O)O)C(=O)O)cc1Cl. The van der Waals surface area contributed by atoms with Gasteiger partial charge in [0.2, 0.25) is 5.95 Å². The Morgan fingerprint density at radius 2 is 1.83 bits per heavy atom. The van der Waals surface area contributed by atoms with E-state index in [1.165, 1.54) is 18.3 Å². The van der Waals surface area contributed by atoms with Crippen LogP contribution in [0.15, 0.2) is 18.3 Å². The van der Waals surface area contributed by atoms with Crippen molar-refractivity contribution in [2.45, 2.75) is 25.4 Å². The van der Waals surface area contributed by atoms with Crippen molar-refractivity contribution in [2.24, 2.45) is 0 Å². The van der Waals surface area contributed by atoms with Crippen LogP contribution in [-0.4, -0.2) is 61.1 Å². The fourth-order valence-corrected chi connectivity index (χ4v) is 3.70. The molecule has 1 aromatic carbocycles. The first-order valence-corrected chi connectivity index (χ1v) is 10.7. The Morgan fingerprint density at radius 3 is 2.49 bits per heavy atom. The Labute approximate surface area is 208 Å². The molecule has 2 aromatic heterocycles. The molecule has 0 spiro atoms. The second-order valence-electron chi connectivity index (χ2n) is 7.44. The number of nitrogens with two attached hydrogens (primary N) is 2. The molecule has 0 unspecified atom stereocenters. The van der Waals surface area contributed by atoms with E-state index in [0.29, 0.717) is 11.4 Å². The molecule has 7 N–H and O–H groups in total. The number of amides is 1. The quantitative estimate of drug-likeness (QED) is 0.271. The highest BCUT2D eigenvalue weighted by atomic mass is 35.5. The molecule has 35 heavy (non-hydrogen) atoms. The van der Waals surface area contributed by atoms with Gasteiger partial charge in [0.15, 0.2) is 17.0 Å². The first-order valence-electron chi connectivity index (χ1n) is 9.96. The normalized spacial score (nSPS) is 11.7. The number of carbonyl (C=O) groups excluding carboxylic acids is 1. The monoisotopic (exact) mass is 522 g/mol. The number of carbonyl (C=O) groups is 3. The van der Waals surface area contributed by atoms with Gasteiger partial charge < -0.3 is 31.9 Å². The summed E-state index contributed by atoms with van der Waals surface area (Å²) in [4.78, 5) is 52.8. The van der Waals surface area contributed by atoms with Crippen molar-refractivity contribution in [2.75, 3.05) is 23.4 Å². The molecular formula is C20H20Cl2N8O5. The number of hydrogen-bond donors (Lipinski definition) is 5. The first kappa shape index (κ1) is 25.6. The van der Waals surface area contributed by atoms with E-state index >= 15 is 0 Å². The number of rotatable bonds is 9. The summed E-state index contributed by atoms with van der Waals surface area (Å²) in [5, 5.41) is 20.4. The predicted octanol–water partition coefficient (Wildman–Crippen LogP) is 1.58. The lowest BCUT2D eigenvalue weighted by Crippen LogP contribution is -2.41. The van der Waals surface area contributed by atoms with E-state index < -0.39 is 30.3 Å². The van der Waals surface area contributed by atoms with Crippen LogP contribution in [0.3, 0.4) is 0 Å². The topological polar surface area (TPSA) is 211 Å². The van der Waals surface area contributed by atoms with Crippen molar-refractivity contribution < 1.29 is 24.6 Å². The smallest absolute Gasteiger partial charge is 0.326 e. The Bertz CT molecular complexity index is 1320. The highest BCUT2D eigenvalue weighted by Crippen LogP contribution is 2.32. The second kappa shape index (κ2) is 10.5. The third-order valence-corrected chi connectivity index (χ3v) is 5.46. The van der Waals surface area contributed by atoms with Crippen LogP contribution in [0.4, 0.5) is 17.5 Å². The zero-order valence-electron chi connectivity index (χ0n) is 18.2. The summed E-state index contributed by atoms with van der Waals surface area (Å²) in [5.74, 6) is -3.29. The number of hydrogen-bond acceptors (Lipinski definition) is 10. The largest absolute Gasteiger partial charge is 0.481 e. The van der Waals surface area contributed by atoms with Crippen molar-refractivity contribution in [1.29, 1.82) is 0 Å². The number of fused-ring (bicyclic) bond motifs is 1. The minimum atomic E-state index is -1.41. The van der Waals surface area contributed by atoms with Crippen molar-refractivity contribution >= 4 is 69.7 Å². The van der Waals surface area contributed by atoms with Gasteiger partial charge in [-0.05, 0) is 18.6 Å². The molecule has 3 aromatic rings. The molecular weight excluding hydrogens is 503 g/mol. The predicted molar refractivity (Wildman–Crippen MR) is 128 cm³/mol. The summed E-state index contributed by atoms with van der Waals surface area (Å²) >= 11 is 12.7. The molecule has 0 fully saturated rings. The van der Waals surface area contributed by atoms with Crippen LogP contribution < -0.4 is 21.7 Å². The highest BCUT2D eigenvalue weighted by Gasteiger charge is 2.24. The van der Waals surface area contributed by atoms with Gasteiger partial charge in [-0.15, -0.1) is 0 Å². The summed E-state index contributed by atoms with van der Waals surface area (Å²) < 4.78 is 0. The Kier molecular flexibility index (Phi) is 7.71. The lowest BCUT2D eigenvalue weighted by atomic mass is 10.1. The van der Waals surface area contributed by atoms with Gasteiger partial charge in [-0.1, -0.05) is 23.2 Å². The maximum absolute atomic E-state index is 12.6. The van der Waals surface area contributed by atoms with Crippen LogP contribution in [0, 0.1) is 0 Å². The van der Waals surface area contributed by atoms with Gasteiger partial charge in [0, 0.05) is 13.5 Å². The highest BCUT2D eigenvalue weighted by molar-refractivity contribution is 6.37. The zero-order chi connectivity index (χ0) is 25.9. The van der Waals surface area contributed by atoms with E-state index in [4.69, 9.17) is 39.8 Å². The van der Waals surface area contributed by atoms with Crippen molar-refractivity contribution in [3.63, 3.8) is 0 Å². The number of benzene rings is 1. The van der Waals surface area contributed by atoms with E-state index in [-0.39, 0.29) is 51.5 Å². The molecule has 0 aliphatic rings. The number of halogens is 2. The van der Waals surface area contributed by atoms with Gasteiger partial charge >= 0.3 is 11.9 Å². The summed E-state index contributed by atoms with van der Waals surface area (Å²) in [7, 11) is 1.71. The van der Waals surface area contributed by atoms with E-state index in [1.807, 2.05) is 0 Å². The molecule has 0 bridgehead atoms. The number of nitrogens with zero attached hydrogens (tertiary/aromatic N) is 5. The number of anilines is 3. The van der Waals surface area contributed by atoms with Crippen LogP contribution in [0.2, 0.25) is 10.0 Å². The molecule has 0 saturated heterocycles. The minimum absolute atomic E-state index is 0.00818. The molecule has 13 nitrogen and oxygen atoms in total. The summed E-state index contributed by atoms with van der Waals surface area (Å²) in [6, 6.07) is 1.33. The minimum Gasteiger partial charge on any atom is -0.481 e. The van der Waals surface area contributed by atoms with Crippen molar-refractivity contribution in [1.82, 2.24) is 25.3 Å². The van der Waals surface area contributed by atoms with E-state index in [9.17, 15) is 19.5 Å². The standard InChI is InChI=1S/C20H20Cl2N8O5/c1-30(7-8-6-25-17-15(26-8)16(23)28-20(24)29-17)13-5-10(21)9(4-11(13)22)18(33)27-12(19(34)35)2-3-14(31)32/h4-6,12H,2-3,7H2,1H3,(H,27,33)(H,31,32)(H,34,35)(H4,23,24,25,28,29)/t12-/m0/s1. The average Bonchev–Trinajstić information content (AvgIpc) is 2.77. The van der Waals surface area contributed by atoms with Gasteiger partial charge in [0.05, 0.1) is 39.7 Å². The third-order valence-electron chi connectivity index (χ3n) is 4.84. The van der Waals surface area contributed by atoms with E-state index in [0.717, 1.165) is 0 Å². The molecule has 2 heterocycles. The van der Waals surface area contributed by atoms with Crippen LogP contribution >= 0.6 is 23.2 Å². The fourth-order valence-electron chi connectivity index (χ4n) is 3.15. The zero-order valence-corrected chi connectivity index (χ0v) is 19.7.